The molecule has 0 bridgehead atoms. The molecule has 7 heteroatoms. The largest absolute Gasteiger partial charge is 0.418 e. The van der Waals surface area contributed by atoms with E-state index in [0.29, 0.717) is 17.5 Å². The molecule has 1 aromatic heterocycles. The Morgan fingerprint density at radius 1 is 0.925 bits per heavy atom. The van der Waals surface area contributed by atoms with Crippen LogP contribution in [0.25, 0.3) is 16.5 Å². The first-order valence-corrected chi connectivity index (χ1v) is 14.9. The molecule has 4 aromatic rings. The van der Waals surface area contributed by atoms with Crippen LogP contribution in [0.2, 0.25) is 0 Å². The summed E-state index contributed by atoms with van der Waals surface area (Å²) in [5.41, 5.74) is 2.41. The minimum atomic E-state index is -4.65. The highest BCUT2D eigenvalue weighted by Gasteiger charge is 2.48. The molecule has 3 aromatic carbocycles. The van der Waals surface area contributed by atoms with Crippen molar-refractivity contribution in [2.24, 2.45) is 5.92 Å². The van der Waals surface area contributed by atoms with Gasteiger partial charge < -0.3 is 0 Å². The van der Waals surface area contributed by atoms with Crippen molar-refractivity contribution in [3.05, 3.63) is 131 Å². The van der Waals surface area contributed by atoms with Gasteiger partial charge in [-0.2, -0.15) is 13.2 Å². The topological polar surface area (TPSA) is 47.0 Å². The number of hydrogen-bond acceptors (Lipinski definition) is 3. The van der Waals surface area contributed by atoms with Gasteiger partial charge in [-0.1, -0.05) is 105 Å². The summed E-state index contributed by atoms with van der Waals surface area (Å²) in [5.74, 6) is -0.301. The molecule has 0 spiro atoms. The fourth-order valence-electron chi connectivity index (χ4n) is 5.64. The van der Waals surface area contributed by atoms with Crippen LogP contribution in [-0.4, -0.2) is 19.2 Å². The average molecular weight is 562 g/mol. The number of fused-ring (bicyclic) bond motifs is 1. The molecule has 0 aliphatic heterocycles. The Morgan fingerprint density at radius 2 is 1.60 bits per heavy atom. The monoisotopic (exact) mass is 561 g/mol. The maximum atomic E-state index is 14.5. The van der Waals surface area contributed by atoms with Crippen LogP contribution in [0.15, 0.2) is 103 Å². The van der Waals surface area contributed by atoms with Gasteiger partial charge in [0.1, 0.15) is 4.75 Å². The predicted octanol–water partition coefficient (Wildman–Crippen LogP) is 8.15. The van der Waals surface area contributed by atoms with Gasteiger partial charge in [0, 0.05) is 18.0 Å². The van der Waals surface area contributed by atoms with Gasteiger partial charge in [0.05, 0.1) is 16.8 Å². The van der Waals surface area contributed by atoms with Gasteiger partial charge in [0.25, 0.3) is 0 Å². The summed E-state index contributed by atoms with van der Waals surface area (Å²) in [6.45, 7) is 3.67. The van der Waals surface area contributed by atoms with Crippen LogP contribution in [0.3, 0.4) is 0 Å². The number of para-hydroxylation sites is 1. The fraction of sp³-hybridized carbons (Fsp3) is 0.242. The molecule has 1 heterocycles. The van der Waals surface area contributed by atoms with E-state index in [0.717, 1.165) is 22.8 Å². The van der Waals surface area contributed by atoms with E-state index in [1.807, 2.05) is 80.6 Å². The Labute approximate surface area is 233 Å². The molecule has 0 saturated heterocycles. The van der Waals surface area contributed by atoms with Crippen molar-refractivity contribution in [1.29, 1.82) is 0 Å². The average Bonchev–Trinajstić information content (AvgIpc) is 2.92. The quantitative estimate of drug-likeness (QED) is 0.229. The Kier molecular flexibility index (Phi) is 7.44. The summed E-state index contributed by atoms with van der Waals surface area (Å²) in [5, 5.41) is 0.203. The molecule has 1 aliphatic rings. The SMILES string of the molecule is CC(C)CS(=O)(=O)C1(c2c(Cc3ccccc3)cnc3c(C(F)(F)F)cccc23)C=CC=C(c2ccccc2)C1. The van der Waals surface area contributed by atoms with Crippen molar-refractivity contribution >= 4 is 26.3 Å². The van der Waals surface area contributed by atoms with Gasteiger partial charge in [-0.3, -0.25) is 4.98 Å². The highest BCUT2D eigenvalue weighted by molar-refractivity contribution is 7.92. The minimum Gasteiger partial charge on any atom is -0.255 e. The van der Waals surface area contributed by atoms with E-state index < -0.39 is 26.3 Å². The van der Waals surface area contributed by atoms with Gasteiger partial charge in [-0.25, -0.2) is 8.42 Å². The van der Waals surface area contributed by atoms with Crippen molar-refractivity contribution in [3.63, 3.8) is 0 Å². The van der Waals surface area contributed by atoms with Crippen LogP contribution >= 0.6 is 0 Å². The summed E-state index contributed by atoms with van der Waals surface area (Å²) >= 11 is 0. The number of alkyl halides is 3. The number of hydrogen-bond donors (Lipinski definition) is 0. The third-order valence-electron chi connectivity index (χ3n) is 7.31. The lowest BCUT2D eigenvalue weighted by Crippen LogP contribution is -2.39. The van der Waals surface area contributed by atoms with Gasteiger partial charge in [0.15, 0.2) is 9.84 Å². The molecule has 5 rings (SSSR count). The second-order valence-electron chi connectivity index (χ2n) is 10.7. The highest BCUT2D eigenvalue weighted by Crippen LogP contribution is 2.49. The summed E-state index contributed by atoms with van der Waals surface area (Å²) < 4.78 is 69.8. The Morgan fingerprint density at radius 3 is 2.25 bits per heavy atom. The van der Waals surface area contributed by atoms with Crippen molar-refractivity contribution in [2.45, 2.75) is 37.6 Å². The third kappa shape index (κ3) is 5.22. The van der Waals surface area contributed by atoms with Crippen LogP contribution in [0.4, 0.5) is 13.2 Å². The molecule has 1 aliphatic carbocycles. The lowest BCUT2D eigenvalue weighted by molar-refractivity contribution is -0.136. The van der Waals surface area contributed by atoms with Crippen molar-refractivity contribution in [1.82, 2.24) is 4.98 Å². The van der Waals surface area contributed by atoms with E-state index >= 15 is 0 Å². The number of benzene rings is 3. The maximum absolute atomic E-state index is 14.5. The molecule has 0 fully saturated rings. The molecular formula is C33H30F3NO2S. The van der Waals surface area contributed by atoms with E-state index in [4.69, 9.17) is 0 Å². The second kappa shape index (κ2) is 10.7. The molecule has 0 N–H and O–H groups in total. The van der Waals surface area contributed by atoms with Gasteiger partial charge in [0.2, 0.25) is 0 Å². The summed E-state index contributed by atoms with van der Waals surface area (Å²) in [4.78, 5) is 4.30. The van der Waals surface area contributed by atoms with E-state index in [-0.39, 0.29) is 29.0 Å². The molecule has 206 valence electrons. The second-order valence-corrected chi connectivity index (χ2v) is 13.0. The first-order chi connectivity index (χ1) is 19.0. The minimum absolute atomic E-state index is 0.0969. The first kappa shape index (κ1) is 27.8. The zero-order valence-electron chi connectivity index (χ0n) is 22.3. The number of halogens is 3. The summed E-state index contributed by atoms with van der Waals surface area (Å²) in [6, 6.07) is 22.9. The van der Waals surface area contributed by atoms with E-state index in [9.17, 15) is 21.6 Å². The first-order valence-electron chi connectivity index (χ1n) is 13.2. The number of aromatic nitrogens is 1. The predicted molar refractivity (Wildman–Crippen MR) is 154 cm³/mol. The molecule has 1 atom stereocenters. The van der Waals surface area contributed by atoms with Crippen LogP contribution in [-0.2, 0) is 27.2 Å². The number of nitrogens with zero attached hydrogens (tertiary/aromatic N) is 1. The third-order valence-corrected chi connectivity index (χ3v) is 10.0. The van der Waals surface area contributed by atoms with E-state index in [1.54, 1.807) is 18.2 Å². The Hall–Kier alpha value is -3.71. The standard InChI is InChI=1S/C33H30F3NO2S/c1-23(2)22-40(38,39)32(18-10-15-26(20-32)25-13-7-4-8-14-25)30-27(19-24-11-5-3-6-12-24)21-37-31-28(30)16-9-17-29(31)33(34,35)36/h3-18,21,23H,19-20,22H2,1-2H3. The van der Waals surface area contributed by atoms with Crippen molar-refractivity contribution in [3.8, 4) is 0 Å². The molecule has 40 heavy (non-hydrogen) atoms. The number of sulfone groups is 1. The fourth-order valence-corrected chi connectivity index (χ4v) is 8.03. The van der Waals surface area contributed by atoms with Crippen LogP contribution < -0.4 is 0 Å². The highest BCUT2D eigenvalue weighted by atomic mass is 32.2. The number of pyridine rings is 1. The van der Waals surface area contributed by atoms with Crippen LogP contribution in [0, 0.1) is 5.92 Å². The van der Waals surface area contributed by atoms with Gasteiger partial charge >= 0.3 is 6.18 Å². The Balaban J connectivity index is 1.85. The lowest BCUT2D eigenvalue weighted by Gasteiger charge is -2.37. The smallest absolute Gasteiger partial charge is 0.255 e. The molecule has 3 nitrogen and oxygen atoms in total. The lowest BCUT2D eigenvalue weighted by atomic mass is 9.80. The molecular weight excluding hydrogens is 531 g/mol. The molecule has 0 amide bonds. The normalized spacial score (nSPS) is 17.8. The molecule has 0 radical (unpaired) electrons. The molecule has 1 unspecified atom stereocenters. The van der Waals surface area contributed by atoms with Gasteiger partial charge in [-0.15, -0.1) is 0 Å². The van der Waals surface area contributed by atoms with Gasteiger partial charge in [-0.05, 0) is 46.2 Å². The maximum Gasteiger partial charge on any atom is 0.418 e. The van der Waals surface area contributed by atoms with Crippen molar-refractivity contribution in [2.75, 3.05) is 5.75 Å². The summed E-state index contributed by atoms with van der Waals surface area (Å²) in [7, 11) is -3.93. The number of rotatable bonds is 7. The zero-order chi connectivity index (χ0) is 28.5. The molecule has 0 saturated carbocycles. The van der Waals surface area contributed by atoms with Crippen LogP contribution in [0.5, 0.6) is 0 Å². The zero-order valence-corrected chi connectivity index (χ0v) is 23.1. The number of allylic oxidation sites excluding steroid dienone is 3. The van der Waals surface area contributed by atoms with E-state index in [1.165, 1.54) is 12.3 Å². The summed E-state index contributed by atoms with van der Waals surface area (Å²) in [6.07, 6.45) is 2.50. The Bertz CT molecular complexity index is 1690. The van der Waals surface area contributed by atoms with E-state index in [2.05, 4.69) is 4.98 Å². The van der Waals surface area contributed by atoms with Crippen molar-refractivity contribution < 1.29 is 21.6 Å². The van der Waals surface area contributed by atoms with Crippen LogP contribution in [0.1, 0.15) is 48.1 Å².